The van der Waals surface area contributed by atoms with Crippen LogP contribution in [0.2, 0.25) is 0 Å². The van der Waals surface area contributed by atoms with Gasteiger partial charge in [-0.05, 0) is 35.4 Å². The largest absolute Gasteiger partial charge is 0.457 e. The van der Waals surface area contributed by atoms with E-state index in [9.17, 15) is 22.9 Å². The summed E-state index contributed by atoms with van der Waals surface area (Å²) in [6, 6.07) is 28.5. The molecule has 0 saturated carbocycles. The van der Waals surface area contributed by atoms with Gasteiger partial charge in [0.2, 0.25) is 0 Å². The molecule has 0 fully saturated rings. The summed E-state index contributed by atoms with van der Waals surface area (Å²) in [5.74, 6) is -1.80. The Morgan fingerprint density at radius 3 is 1.28 bits per heavy atom. The molecule has 184 valence electrons. The predicted molar refractivity (Wildman–Crippen MR) is 134 cm³/mol. The van der Waals surface area contributed by atoms with Gasteiger partial charge in [0.1, 0.15) is 22.8 Å². The van der Waals surface area contributed by atoms with E-state index < -0.39 is 31.4 Å². The van der Waals surface area contributed by atoms with Crippen molar-refractivity contribution in [1.82, 2.24) is 0 Å². The Labute approximate surface area is 208 Å². The Morgan fingerprint density at radius 2 is 0.889 bits per heavy atom. The Morgan fingerprint density at radius 1 is 0.556 bits per heavy atom. The van der Waals surface area contributed by atoms with Gasteiger partial charge in [0.05, 0.1) is 20.9 Å². The quantitative estimate of drug-likeness (QED) is 0.301. The van der Waals surface area contributed by atoms with E-state index in [2.05, 4.69) is 0 Å². The van der Waals surface area contributed by atoms with Crippen LogP contribution in [0, 0.1) is 0 Å². The van der Waals surface area contributed by atoms with Crippen LogP contribution >= 0.6 is 0 Å². The van der Waals surface area contributed by atoms with Gasteiger partial charge in [0.15, 0.2) is 0 Å². The monoisotopic (exact) mass is 504 g/mol. The predicted octanol–water partition coefficient (Wildman–Crippen LogP) is 5.58. The van der Waals surface area contributed by atoms with Crippen molar-refractivity contribution in [2.24, 2.45) is 0 Å². The highest BCUT2D eigenvalue weighted by atomic mass is 32.3. The summed E-state index contributed by atoms with van der Waals surface area (Å²) in [6.07, 6.45) is 0. The summed E-state index contributed by atoms with van der Waals surface area (Å²) in [5, 5.41) is 0. The summed E-state index contributed by atoms with van der Waals surface area (Å²) >= 11 is 0. The fourth-order valence-corrected chi connectivity index (χ4v) is 5.61. The van der Waals surface area contributed by atoms with Crippen molar-refractivity contribution in [3.63, 3.8) is 0 Å². The zero-order valence-corrected chi connectivity index (χ0v) is 20.0. The maximum absolute atomic E-state index is 13.9. The highest BCUT2D eigenvalue weighted by Gasteiger charge is 2.42. The first-order valence-electron chi connectivity index (χ1n) is 11.0. The van der Waals surface area contributed by atoms with Crippen molar-refractivity contribution in [2.75, 3.05) is 0 Å². The molecular weight excluding hydrogens is 480 g/mol. The normalized spacial score (nSPS) is 12.2. The van der Waals surface area contributed by atoms with Gasteiger partial charge in [-0.1, -0.05) is 84.9 Å². The van der Waals surface area contributed by atoms with Crippen molar-refractivity contribution in [1.29, 1.82) is 0 Å². The van der Waals surface area contributed by atoms with Gasteiger partial charge in [-0.25, -0.2) is 13.8 Å². The number of rotatable bonds is 8. The van der Waals surface area contributed by atoms with Gasteiger partial charge >= 0.3 is 11.9 Å². The minimum Gasteiger partial charge on any atom is -0.457 e. The van der Waals surface area contributed by atoms with E-state index in [1.807, 2.05) is 12.1 Å². The lowest BCUT2D eigenvalue weighted by molar-refractivity contribution is 0.0461. The molecule has 0 aliphatic carbocycles. The number of ether oxygens (including phenoxy) is 2. The lowest BCUT2D eigenvalue weighted by atomic mass is 10.2. The van der Waals surface area contributed by atoms with Crippen molar-refractivity contribution < 1.29 is 32.4 Å². The molecule has 0 atom stereocenters. The fraction of sp³-hybridized carbons (Fsp3) is 0.0714. The molecule has 4 aromatic rings. The number of carbonyl (C=O) groups excluding carboxylic acids is 2. The summed E-state index contributed by atoms with van der Waals surface area (Å²) < 4.78 is 47.0. The molecular formula is C28H24O7S. The first kappa shape index (κ1) is 25.0. The number of esters is 2. The molecule has 0 spiro atoms. The van der Waals surface area contributed by atoms with Gasteiger partial charge in [0.25, 0.3) is 0 Å². The SMILES string of the molecule is O=C(OCc1ccccc1)c1ccccc1S(=O)(O)(O)c1ccccc1C(=O)OCc1ccccc1. The van der Waals surface area contributed by atoms with Crippen LogP contribution in [0.3, 0.4) is 0 Å². The van der Waals surface area contributed by atoms with Crippen molar-refractivity contribution in [2.45, 2.75) is 23.0 Å². The molecule has 7 nitrogen and oxygen atoms in total. The maximum atomic E-state index is 13.9. The molecule has 8 heteroatoms. The molecule has 0 aliphatic rings. The Hall–Kier alpha value is -4.11. The average molecular weight is 505 g/mol. The third kappa shape index (κ3) is 5.41. The molecule has 0 unspecified atom stereocenters. The molecule has 0 bridgehead atoms. The molecule has 2 N–H and O–H groups in total. The molecule has 4 aromatic carbocycles. The maximum Gasteiger partial charge on any atom is 0.339 e. The second-order valence-corrected chi connectivity index (χ2v) is 10.6. The average Bonchev–Trinajstić information content (AvgIpc) is 2.91. The molecule has 36 heavy (non-hydrogen) atoms. The topological polar surface area (TPSA) is 110 Å². The number of hydrogen-bond donors (Lipinski definition) is 2. The molecule has 0 aromatic heterocycles. The highest BCUT2D eigenvalue weighted by Crippen LogP contribution is 2.41. The van der Waals surface area contributed by atoms with E-state index in [0.29, 0.717) is 0 Å². The van der Waals surface area contributed by atoms with E-state index in [1.54, 1.807) is 48.5 Å². The summed E-state index contributed by atoms with van der Waals surface area (Å²) in [7, 11) is -5.93. The van der Waals surface area contributed by atoms with Crippen LogP contribution in [0.25, 0.3) is 0 Å². The van der Waals surface area contributed by atoms with E-state index in [4.69, 9.17) is 9.47 Å². The molecule has 4 rings (SSSR count). The second kappa shape index (κ2) is 10.2. The van der Waals surface area contributed by atoms with Gasteiger partial charge in [0, 0.05) is 0 Å². The van der Waals surface area contributed by atoms with E-state index in [0.717, 1.165) is 23.3 Å². The van der Waals surface area contributed by atoms with E-state index >= 15 is 0 Å². The van der Waals surface area contributed by atoms with Crippen LogP contribution in [-0.4, -0.2) is 25.3 Å². The standard InChI is InChI=1S/C28H24O7S/c29-27(34-19-21-11-3-1-4-12-21)23-15-7-9-17-25(23)36(31,32,33)26-18-10-8-16-24(26)28(30)35-20-22-13-5-2-6-14-22/h1-18H,19-20H2,(H2,31,32,33). The van der Waals surface area contributed by atoms with Gasteiger partial charge < -0.3 is 18.6 Å². The fourth-order valence-electron chi connectivity index (χ4n) is 3.63. The Bertz CT molecular complexity index is 1340. The van der Waals surface area contributed by atoms with E-state index in [1.165, 1.54) is 36.4 Å². The van der Waals surface area contributed by atoms with E-state index in [-0.39, 0.29) is 24.3 Å². The number of carbonyl (C=O) groups is 2. The first-order valence-corrected chi connectivity index (χ1v) is 12.9. The van der Waals surface area contributed by atoms with Gasteiger partial charge in [-0.15, -0.1) is 0 Å². The lowest BCUT2D eigenvalue weighted by Crippen LogP contribution is -2.35. The minimum absolute atomic E-state index is 0.0699. The molecule has 0 aliphatic heterocycles. The third-order valence-corrected chi connectivity index (χ3v) is 7.73. The molecule has 0 saturated heterocycles. The molecule has 0 amide bonds. The Kier molecular flexibility index (Phi) is 7.12. The minimum atomic E-state index is -5.93. The molecule has 0 radical (unpaired) electrons. The van der Waals surface area contributed by atoms with Crippen LogP contribution in [0.15, 0.2) is 119 Å². The van der Waals surface area contributed by atoms with Crippen LogP contribution in [-0.2, 0) is 32.3 Å². The summed E-state index contributed by atoms with van der Waals surface area (Å²) in [4.78, 5) is 24.6. The van der Waals surface area contributed by atoms with Gasteiger partial charge in [-0.3, -0.25) is 0 Å². The van der Waals surface area contributed by atoms with Crippen LogP contribution in [0.5, 0.6) is 0 Å². The van der Waals surface area contributed by atoms with Crippen LogP contribution < -0.4 is 0 Å². The van der Waals surface area contributed by atoms with Crippen LogP contribution in [0.1, 0.15) is 31.8 Å². The highest BCUT2D eigenvalue weighted by molar-refractivity contribution is 8.10. The Balaban J connectivity index is 1.66. The first-order chi connectivity index (χ1) is 17.2. The van der Waals surface area contributed by atoms with Crippen molar-refractivity contribution in [3.05, 3.63) is 131 Å². The summed E-state index contributed by atoms with van der Waals surface area (Å²) in [6.45, 7) is -0.140. The summed E-state index contributed by atoms with van der Waals surface area (Å²) in [5.41, 5.74) is 0.840. The van der Waals surface area contributed by atoms with Crippen molar-refractivity contribution in [3.8, 4) is 0 Å². The van der Waals surface area contributed by atoms with Crippen LogP contribution in [0.4, 0.5) is 0 Å². The number of benzene rings is 4. The molecule has 0 heterocycles. The zero-order valence-electron chi connectivity index (χ0n) is 19.2. The second-order valence-electron chi connectivity index (χ2n) is 7.98. The zero-order chi connectivity index (χ0) is 25.6. The lowest BCUT2D eigenvalue weighted by Gasteiger charge is -2.33. The van der Waals surface area contributed by atoms with Gasteiger partial charge in [-0.2, -0.15) is 0 Å². The smallest absolute Gasteiger partial charge is 0.339 e. The van der Waals surface area contributed by atoms with Crippen molar-refractivity contribution >= 4 is 21.6 Å². The number of hydrogen-bond acceptors (Lipinski definition) is 5. The third-order valence-electron chi connectivity index (χ3n) is 5.43.